The normalized spacial score (nSPS) is 17.1. The van der Waals surface area contributed by atoms with Gasteiger partial charge in [0.15, 0.2) is 0 Å². The lowest BCUT2D eigenvalue weighted by molar-refractivity contribution is -0.143. The maximum Gasteiger partial charge on any atom is 0.308 e. The van der Waals surface area contributed by atoms with Gasteiger partial charge in [-0.05, 0) is 42.7 Å². The minimum absolute atomic E-state index is 0.110. The number of hydrogen-bond donors (Lipinski definition) is 1. The third-order valence-corrected chi connectivity index (χ3v) is 4.41. The topological polar surface area (TPSA) is 66.8 Å². The minimum Gasteiger partial charge on any atom is -0.489 e. The Kier molecular flexibility index (Phi) is 5.33. The van der Waals surface area contributed by atoms with Crippen LogP contribution in [0.2, 0.25) is 0 Å². The van der Waals surface area contributed by atoms with Crippen molar-refractivity contribution in [3.8, 4) is 5.75 Å². The van der Waals surface area contributed by atoms with Crippen molar-refractivity contribution in [3.05, 3.63) is 65.7 Å². The number of ether oxygens (including phenoxy) is 1. The number of carboxylic acid groups (broad SMARTS) is 1. The Morgan fingerprint density at radius 3 is 2.48 bits per heavy atom. The summed E-state index contributed by atoms with van der Waals surface area (Å²) >= 11 is 0. The van der Waals surface area contributed by atoms with E-state index in [1.54, 1.807) is 17.0 Å². The van der Waals surface area contributed by atoms with Crippen molar-refractivity contribution >= 4 is 11.9 Å². The van der Waals surface area contributed by atoms with E-state index in [2.05, 4.69) is 0 Å². The average Bonchev–Trinajstić information content (AvgIpc) is 2.67. The fourth-order valence-corrected chi connectivity index (χ4v) is 2.97. The maximum absolute atomic E-state index is 12.6. The molecule has 1 heterocycles. The van der Waals surface area contributed by atoms with Gasteiger partial charge in [0, 0.05) is 18.7 Å². The zero-order valence-corrected chi connectivity index (χ0v) is 13.9. The van der Waals surface area contributed by atoms with E-state index in [-0.39, 0.29) is 12.5 Å². The van der Waals surface area contributed by atoms with Crippen molar-refractivity contribution in [3.63, 3.8) is 0 Å². The average molecular weight is 339 g/mol. The molecule has 1 atom stereocenters. The molecule has 2 aromatic rings. The van der Waals surface area contributed by atoms with Crippen molar-refractivity contribution < 1.29 is 19.4 Å². The Labute approximate surface area is 146 Å². The molecule has 1 aliphatic heterocycles. The number of carbonyl (C=O) groups excluding carboxylic acids is 1. The lowest BCUT2D eigenvalue weighted by atomic mass is 9.97. The Balaban J connectivity index is 1.59. The zero-order chi connectivity index (χ0) is 17.6. The third-order valence-electron chi connectivity index (χ3n) is 4.41. The zero-order valence-electron chi connectivity index (χ0n) is 13.9. The van der Waals surface area contributed by atoms with E-state index in [0.29, 0.717) is 25.1 Å². The molecule has 1 N–H and O–H groups in total. The van der Waals surface area contributed by atoms with Crippen LogP contribution in [0.4, 0.5) is 0 Å². The summed E-state index contributed by atoms with van der Waals surface area (Å²) in [7, 11) is 0. The molecule has 2 aromatic carbocycles. The van der Waals surface area contributed by atoms with Gasteiger partial charge in [0.1, 0.15) is 12.4 Å². The highest BCUT2D eigenvalue weighted by molar-refractivity contribution is 5.94. The molecule has 0 radical (unpaired) electrons. The van der Waals surface area contributed by atoms with Crippen LogP contribution in [0.25, 0.3) is 0 Å². The first-order valence-electron chi connectivity index (χ1n) is 8.42. The second kappa shape index (κ2) is 7.83. The van der Waals surface area contributed by atoms with E-state index in [1.807, 2.05) is 42.5 Å². The number of hydrogen-bond acceptors (Lipinski definition) is 3. The molecule has 1 saturated heterocycles. The third kappa shape index (κ3) is 4.38. The van der Waals surface area contributed by atoms with Gasteiger partial charge in [0.25, 0.3) is 5.91 Å². The molecule has 0 saturated carbocycles. The van der Waals surface area contributed by atoms with Gasteiger partial charge in [0.05, 0.1) is 5.92 Å². The first-order valence-corrected chi connectivity index (χ1v) is 8.42. The molecule has 3 rings (SSSR count). The molecule has 25 heavy (non-hydrogen) atoms. The summed E-state index contributed by atoms with van der Waals surface area (Å²) in [4.78, 5) is 25.3. The van der Waals surface area contributed by atoms with Crippen LogP contribution in [-0.2, 0) is 11.4 Å². The van der Waals surface area contributed by atoms with Gasteiger partial charge < -0.3 is 14.7 Å². The second-order valence-electron chi connectivity index (χ2n) is 6.23. The van der Waals surface area contributed by atoms with Gasteiger partial charge in [-0.1, -0.05) is 30.3 Å². The van der Waals surface area contributed by atoms with Crippen LogP contribution < -0.4 is 4.74 Å². The Morgan fingerprint density at radius 1 is 1.08 bits per heavy atom. The summed E-state index contributed by atoms with van der Waals surface area (Å²) in [5, 5.41) is 9.15. The number of carboxylic acids is 1. The van der Waals surface area contributed by atoms with Gasteiger partial charge in [-0.3, -0.25) is 9.59 Å². The number of benzene rings is 2. The summed E-state index contributed by atoms with van der Waals surface area (Å²) in [5.74, 6) is -0.598. The molecule has 0 spiro atoms. The number of para-hydroxylation sites is 1. The number of rotatable bonds is 5. The maximum atomic E-state index is 12.6. The molecular weight excluding hydrogens is 318 g/mol. The van der Waals surface area contributed by atoms with Crippen molar-refractivity contribution in [1.82, 2.24) is 4.90 Å². The monoisotopic (exact) mass is 339 g/mol. The molecule has 5 nitrogen and oxygen atoms in total. The molecule has 1 fully saturated rings. The van der Waals surface area contributed by atoms with Crippen molar-refractivity contribution in [2.24, 2.45) is 5.92 Å². The van der Waals surface area contributed by atoms with Gasteiger partial charge >= 0.3 is 5.97 Å². The molecule has 1 aliphatic rings. The van der Waals surface area contributed by atoms with Crippen LogP contribution in [0, 0.1) is 5.92 Å². The number of carbonyl (C=O) groups is 2. The number of nitrogens with zero attached hydrogens (tertiary/aromatic N) is 1. The van der Waals surface area contributed by atoms with E-state index in [0.717, 1.165) is 17.7 Å². The smallest absolute Gasteiger partial charge is 0.308 e. The highest BCUT2D eigenvalue weighted by Crippen LogP contribution is 2.19. The molecule has 130 valence electrons. The Hall–Kier alpha value is -2.82. The summed E-state index contributed by atoms with van der Waals surface area (Å²) in [6.45, 7) is 1.33. The van der Waals surface area contributed by atoms with Gasteiger partial charge in [0.2, 0.25) is 0 Å². The molecule has 0 aliphatic carbocycles. The van der Waals surface area contributed by atoms with E-state index in [9.17, 15) is 9.59 Å². The Bertz CT molecular complexity index is 727. The van der Waals surface area contributed by atoms with E-state index >= 15 is 0 Å². The lowest BCUT2D eigenvalue weighted by Gasteiger charge is -2.30. The highest BCUT2D eigenvalue weighted by Gasteiger charge is 2.28. The van der Waals surface area contributed by atoms with Crippen LogP contribution in [0.1, 0.15) is 28.8 Å². The van der Waals surface area contributed by atoms with E-state index < -0.39 is 11.9 Å². The van der Waals surface area contributed by atoms with Crippen LogP contribution in [0.5, 0.6) is 5.75 Å². The largest absolute Gasteiger partial charge is 0.489 e. The van der Waals surface area contributed by atoms with Crippen molar-refractivity contribution in [1.29, 1.82) is 0 Å². The van der Waals surface area contributed by atoms with Crippen molar-refractivity contribution in [2.45, 2.75) is 19.4 Å². The van der Waals surface area contributed by atoms with Gasteiger partial charge in [-0.15, -0.1) is 0 Å². The minimum atomic E-state index is -0.828. The standard InChI is InChI=1S/C20H21NO4/c22-19(21-12-4-5-17(13-21)20(23)24)16-10-8-15(9-11-16)14-25-18-6-2-1-3-7-18/h1-3,6-11,17H,4-5,12-14H2,(H,23,24). The van der Waals surface area contributed by atoms with E-state index in [1.165, 1.54) is 0 Å². The van der Waals surface area contributed by atoms with Gasteiger partial charge in [-0.2, -0.15) is 0 Å². The molecule has 5 heteroatoms. The van der Waals surface area contributed by atoms with Crippen LogP contribution >= 0.6 is 0 Å². The number of likely N-dealkylation sites (tertiary alicyclic amines) is 1. The first-order chi connectivity index (χ1) is 12.1. The number of aliphatic carboxylic acids is 1. The second-order valence-corrected chi connectivity index (χ2v) is 6.23. The lowest BCUT2D eigenvalue weighted by Crippen LogP contribution is -2.42. The highest BCUT2D eigenvalue weighted by atomic mass is 16.5. The molecule has 0 aromatic heterocycles. The summed E-state index contributed by atoms with van der Waals surface area (Å²) in [6.07, 6.45) is 1.36. The first kappa shape index (κ1) is 17.0. The molecule has 1 amide bonds. The number of piperidine rings is 1. The summed E-state index contributed by atoms with van der Waals surface area (Å²) in [6, 6.07) is 16.8. The number of amides is 1. The molecule has 1 unspecified atom stereocenters. The summed E-state index contributed by atoms with van der Waals surface area (Å²) < 4.78 is 5.69. The predicted molar refractivity (Wildman–Crippen MR) is 93.5 cm³/mol. The van der Waals surface area contributed by atoms with Crippen molar-refractivity contribution in [2.75, 3.05) is 13.1 Å². The van der Waals surface area contributed by atoms with Crippen LogP contribution in [0.15, 0.2) is 54.6 Å². The predicted octanol–water partition coefficient (Wildman–Crippen LogP) is 3.20. The fourth-order valence-electron chi connectivity index (χ4n) is 2.97. The molecule has 0 bridgehead atoms. The van der Waals surface area contributed by atoms with Crippen LogP contribution in [-0.4, -0.2) is 35.0 Å². The SMILES string of the molecule is O=C(O)C1CCCN(C(=O)c2ccc(COc3ccccc3)cc2)C1. The molecular formula is C20H21NO4. The van der Waals surface area contributed by atoms with Crippen LogP contribution in [0.3, 0.4) is 0 Å². The fraction of sp³-hybridized carbons (Fsp3) is 0.300. The quantitative estimate of drug-likeness (QED) is 0.908. The Morgan fingerprint density at radius 2 is 1.80 bits per heavy atom. The summed E-state index contributed by atoms with van der Waals surface area (Å²) in [5.41, 5.74) is 1.55. The van der Waals surface area contributed by atoms with E-state index in [4.69, 9.17) is 9.84 Å². The van der Waals surface area contributed by atoms with Gasteiger partial charge in [-0.25, -0.2) is 0 Å².